The van der Waals surface area contributed by atoms with E-state index in [4.69, 9.17) is 0 Å². The largest absolute Gasteiger partial charge is 0.465 e. The summed E-state index contributed by atoms with van der Waals surface area (Å²) in [6, 6.07) is 12.4. The third-order valence-electron chi connectivity index (χ3n) is 4.96. The van der Waals surface area contributed by atoms with Gasteiger partial charge in [-0.25, -0.2) is 17.9 Å². The van der Waals surface area contributed by atoms with E-state index >= 15 is 0 Å². The number of aryl methyl sites for hydroxylation is 2. The van der Waals surface area contributed by atoms with Crippen molar-refractivity contribution in [1.29, 1.82) is 0 Å². The lowest BCUT2D eigenvalue weighted by molar-refractivity contribution is 0.0600. The van der Waals surface area contributed by atoms with Crippen LogP contribution in [-0.4, -0.2) is 21.5 Å². The maximum atomic E-state index is 12.5. The number of hydrogen-bond donors (Lipinski definition) is 1. The number of rotatable bonds is 6. The van der Waals surface area contributed by atoms with E-state index in [-0.39, 0.29) is 11.8 Å². The Morgan fingerprint density at radius 3 is 2.41 bits per heavy atom. The van der Waals surface area contributed by atoms with Crippen LogP contribution in [0.2, 0.25) is 0 Å². The van der Waals surface area contributed by atoms with E-state index in [0.717, 1.165) is 18.4 Å². The molecule has 144 valence electrons. The number of ether oxygens (including phenoxy) is 1. The van der Waals surface area contributed by atoms with Crippen LogP contribution < -0.4 is 4.72 Å². The Morgan fingerprint density at radius 2 is 1.74 bits per heavy atom. The first-order valence-corrected chi connectivity index (χ1v) is 10.8. The number of esters is 1. The zero-order valence-corrected chi connectivity index (χ0v) is 16.5. The Labute approximate surface area is 160 Å². The van der Waals surface area contributed by atoms with Crippen LogP contribution in [0.5, 0.6) is 0 Å². The smallest absolute Gasteiger partial charge is 0.337 e. The average molecular weight is 388 g/mol. The van der Waals surface area contributed by atoms with E-state index in [1.54, 1.807) is 24.3 Å². The molecular formula is C21H25NO4S. The number of carbonyl (C=O) groups is 1. The van der Waals surface area contributed by atoms with Crippen molar-refractivity contribution in [1.82, 2.24) is 4.72 Å². The second kappa shape index (κ2) is 8.23. The van der Waals surface area contributed by atoms with Crippen molar-refractivity contribution in [3.05, 3.63) is 70.3 Å². The molecule has 0 amide bonds. The van der Waals surface area contributed by atoms with Crippen LogP contribution >= 0.6 is 0 Å². The fraction of sp³-hybridized carbons (Fsp3) is 0.381. The minimum Gasteiger partial charge on any atom is -0.465 e. The SMILES string of the molecule is COC(=O)c1ccc(CS(=O)(=O)N[C@H](C)c2ccc3c(c2)CCCC3)cc1. The van der Waals surface area contributed by atoms with Gasteiger partial charge < -0.3 is 4.74 Å². The highest BCUT2D eigenvalue weighted by Gasteiger charge is 2.18. The van der Waals surface area contributed by atoms with Crippen molar-refractivity contribution < 1.29 is 17.9 Å². The van der Waals surface area contributed by atoms with Gasteiger partial charge in [-0.3, -0.25) is 0 Å². The average Bonchev–Trinajstić information content (AvgIpc) is 2.66. The first kappa shape index (κ1) is 19.6. The number of carbonyl (C=O) groups excluding carboxylic acids is 1. The fourth-order valence-electron chi connectivity index (χ4n) is 3.48. The Hall–Kier alpha value is -2.18. The van der Waals surface area contributed by atoms with Gasteiger partial charge in [-0.15, -0.1) is 0 Å². The fourth-order valence-corrected chi connectivity index (χ4v) is 4.87. The van der Waals surface area contributed by atoms with E-state index in [2.05, 4.69) is 21.6 Å². The molecule has 3 rings (SSSR count). The Bertz CT molecular complexity index is 920. The van der Waals surface area contributed by atoms with Crippen molar-refractivity contribution in [2.45, 2.75) is 44.4 Å². The molecule has 2 aromatic rings. The second-order valence-corrected chi connectivity index (χ2v) is 8.78. The van der Waals surface area contributed by atoms with Crippen LogP contribution in [0, 0.1) is 0 Å². The van der Waals surface area contributed by atoms with Gasteiger partial charge in [-0.05, 0) is 67.0 Å². The van der Waals surface area contributed by atoms with E-state index in [1.165, 1.54) is 31.1 Å². The van der Waals surface area contributed by atoms with E-state index in [0.29, 0.717) is 11.1 Å². The number of sulfonamides is 1. The third-order valence-corrected chi connectivity index (χ3v) is 6.39. The van der Waals surface area contributed by atoms with Crippen LogP contribution in [0.15, 0.2) is 42.5 Å². The Balaban J connectivity index is 1.67. The molecule has 1 atom stereocenters. The molecule has 0 spiro atoms. The second-order valence-electron chi connectivity index (χ2n) is 7.02. The minimum absolute atomic E-state index is 0.135. The monoisotopic (exact) mass is 387 g/mol. The zero-order chi connectivity index (χ0) is 19.4. The molecule has 5 nitrogen and oxygen atoms in total. The number of benzene rings is 2. The summed E-state index contributed by atoms with van der Waals surface area (Å²) in [6.45, 7) is 1.86. The third kappa shape index (κ3) is 4.96. The number of fused-ring (bicyclic) bond motifs is 1. The van der Waals surface area contributed by atoms with Gasteiger partial charge in [0.1, 0.15) is 0 Å². The molecule has 1 aliphatic carbocycles. The maximum absolute atomic E-state index is 12.5. The van der Waals surface area contributed by atoms with E-state index < -0.39 is 16.0 Å². The molecule has 0 bridgehead atoms. The molecule has 2 aromatic carbocycles. The predicted octanol–water partition coefficient (Wildman–Crippen LogP) is 3.53. The standard InChI is InChI=1S/C21H25NO4S/c1-15(19-12-11-17-5-3-4-6-20(17)13-19)22-27(24,25)14-16-7-9-18(10-8-16)21(23)26-2/h7-13,15,22H,3-6,14H2,1-2H3/t15-/m1/s1. The molecule has 1 aliphatic rings. The van der Waals surface area contributed by atoms with Crippen molar-refractivity contribution in [2.75, 3.05) is 7.11 Å². The number of methoxy groups -OCH3 is 1. The summed E-state index contributed by atoms with van der Waals surface area (Å²) in [5.74, 6) is -0.576. The van der Waals surface area contributed by atoms with Crippen molar-refractivity contribution in [3.63, 3.8) is 0 Å². The Kier molecular flexibility index (Phi) is 5.97. The normalized spacial score (nSPS) is 15.0. The summed E-state index contributed by atoms with van der Waals surface area (Å²) in [6.07, 6.45) is 4.59. The quantitative estimate of drug-likeness (QED) is 0.770. The maximum Gasteiger partial charge on any atom is 0.337 e. The number of nitrogens with one attached hydrogen (secondary N) is 1. The molecule has 0 unspecified atom stereocenters. The first-order valence-electron chi connectivity index (χ1n) is 9.17. The molecule has 0 saturated heterocycles. The molecule has 27 heavy (non-hydrogen) atoms. The van der Waals surface area contributed by atoms with Gasteiger partial charge in [0, 0.05) is 6.04 Å². The summed E-state index contributed by atoms with van der Waals surface area (Å²) in [7, 11) is -2.20. The lowest BCUT2D eigenvalue weighted by atomic mass is 9.89. The molecule has 1 N–H and O–H groups in total. The molecule has 0 saturated carbocycles. The predicted molar refractivity (Wildman–Crippen MR) is 105 cm³/mol. The summed E-state index contributed by atoms with van der Waals surface area (Å²) in [4.78, 5) is 11.5. The van der Waals surface area contributed by atoms with Gasteiger partial charge in [-0.1, -0.05) is 30.3 Å². The van der Waals surface area contributed by atoms with Gasteiger partial charge in [0.25, 0.3) is 0 Å². The van der Waals surface area contributed by atoms with Gasteiger partial charge in [0.2, 0.25) is 10.0 Å². The molecule has 0 aromatic heterocycles. The van der Waals surface area contributed by atoms with Gasteiger partial charge in [-0.2, -0.15) is 0 Å². The van der Waals surface area contributed by atoms with Gasteiger partial charge >= 0.3 is 5.97 Å². The summed E-state index contributed by atoms with van der Waals surface area (Å²) in [5.41, 5.74) is 4.72. The summed E-state index contributed by atoms with van der Waals surface area (Å²) in [5, 5.41) is 0. The molecule has 6 heteroatoms. The first-order chi connectivity index (χ1) is 12.9. The Morgan fingerprint density at radius 1 is 1.07 bits per heavy atom. The van der Waals surface area contributed by atoms with Crippen LogP contribution in [0.1, 0.15) is 58.4 Å². The minimum atomic E-state index is -3.51. The summed E-state index contributed by atoms with van der Waals surface area (Å²) >= 11 is 0. The van der Waals surface area contributed by atoms with Gasteiger partial charge in [0.05, 0.1) is 18.4 Å². The molecule has 0 radical (unpaired) electrons. The topological polar surface area (TPSA) is 72.5 Å². The van der Waals surface area contributed by atoms with Crippen LogP contribution in [0.4, 0.5) is 0 Å². The molecular weight excluding hydrogens is 362 g/mol. The van der Waals surface area contributed by atoms with E-state index in [1.807, 2.05) is 13.0 Å². The van der Waals surface area contributed by atoms with Crippen molar-refractivity contribution in [2.24, 2.45) is 0 Å². The lowest BCUT2D eigenvalue weighted by Gasteiger charge is -2.20. The molecule has 0 fully saturated rings. The van der Waals surface area contributed by atoms with Crippen molar-refractivity contribution in [3.8, 4) is 0 Å². The highest BCUT2D eigenvalue weighted by molar-refractivity contribution is 7.88. The van der Waals surface area contributed by atoms with E-state index in [9.17, 15) is 13.2 Å². The number of hydrogen-bond acceptors (Lipinski definition) is 4. The highest BCUT2D eigenvalue weighted by Crippen LogP contribution is 2.25. The van der Waals surface area contributed by atoms with Crippen LogP contribution in [-0.2, 0) is 33.4 Å². The molecule has 0 heterocycles. The zero-order valence-electron chi connectivity index (χ0n) is 15.7. The molecule has 0 aliphatic heterocycles. The summed E-state index contributed by atoms with van der Waals surface area (Å²) < 4.78 is 32.5. The van der Waals surface area contributed by atoms with Crippen molar-refractivity contribution >= 4 is 16.0 Å². The van der Waals surface area contributed by atoms with Crippen LogP contribution in [0.25, 0.3) is 0 Å². The van der Waals surface area contributed by atoms with Gasteiger partial charge in [0.15, 0.2) is 0 Å². The highest BCUT2D eigenvalue weighted by atomic mass is 32.2. The lowest BCUT2D eigenvalue weighted by Crippen LogP contribution is -2.28. The van der Waals surface area contributed by atoms with Crippen LogP contribution in [0.3, 0.4) is 0 Å².